The minimum absolute atomic E-state index is 0.190. The largest absolute Gasteiger partial charge is 0.506 e. The molecule has 73 heavy (non-hydrogen) atoms. The third-order valence-electron chi connectivity index (χ3n) is 12.7. The molecule has 15 heteroatoms. The summed E-state index contributed by atoms with van der Waals surface area (Å²) in [7, 11) is 0. The van der Waals surface area contributed by atoms with Crippen LogP contribution in [-0.4, -0.2) is 68.3 Å². The normalized spacial score (nSPS) is 10.3. The second-order valence-electron chi connectivity index (χ2n) is 17.4. The third kappa shape index (κ3) is 20.8. The monoisotopic (exact) mass is 1000 g/mol. The van der Waals surface area contributed by atoms with Crippen LogP contribution in [0.5, 0.6) is 11.5 Å². The Kier molecular flexibility index (Phi) is 32.0. The number of rotatable bonds is 17. The molecular formula is C58H88N10O5. The molecule has 0 aliphatic carbocycles. The van der Waals surface area contributed by atoms with Crippen molar-refractivity contribution in [2.45, 2.75) is 148 Å². The lowest BCUT2D eigenvalue weighted by Crippen LogP contribution is -2.08. The van der Waals surface area contributed by atoms with E-state index in [0.717, 1.165) is 109 Å². The molecule has 5 aromatic heterocycles. The molecule has 6 rings (SSSR count). The Balaban J connectivity index is 0.000000457. The molecular weight excluding hydrogens is 917 g/mol. The molecule has 0 radical (unpaired) electrons. The van der Waals surface area contributed by atoms with Crippen molar-refractivity contribution in [3.05, 3.63) is 157 Å². The van der Waals surface area contributed by atoms with E-state index < -0.39 is 0 Å². The number of hydrogen-bond donors (Lipinski definition) is 7. The van der Waals surface area contributed by atoms with E-state index in [1.54, 1.807) is 13.1 Å². The molecule has 0 amide bonds. The molecule has 12 N–H and O–H groups in total. The molecule has 400 valence electrons. The first-order valence-electron chi connectivity index (χ1n) is 25.1. The zero-order chi connectivity index (χ0) is 55.0. The number of carbonyl (C=O) groups is 1. The number of pyridine rings is 5. The molecule has 0 aliphatic rings. The fraction of sp³-hybridized carbons (Fsp3) is 0.448. The molecule has 0 saturated heterocycles. The first-order valence-corrected chi connectivity index (χ1v) is 25.1. The summed E-state index contributed by atoms with van der Waals surface area (Å²) in [5, 5.41) is 18.7. The Morgan fingerprint density at radius 1 is 0.479 bits per heavy atom. The predicted octanol–water partition coefficient (Wildman–Crippen LogP) is 9.01. The van der Waals surface area contributed by atoms with E-state index in [0.29, 0.717) is 38.4 Å². The Morgan fingerprint density at radius 2 is 0.890 bits per heavy atom. The van der Waals surface area contributed by atoms with Gasteiger partial charge in [0.25, 0.3) is 0 Å². The third-order valence-corrected chi connectivity index (χ3v) is 12.7. The number of aromatic nitrogens is 5. The Morgan fingerprint density at radius 3 is 1.32 bits per heavy atom. The maximum Gasteiger partial charge on any atom is 0.141 e. The zero-order valence-electron chi connectivity index (χ0n) is 46.1. The van der Waals surface area contributed by atoms with Gasteiger partial charge in [-0.05, 0) is 169 Å². The van der Waals surface area contributed by atoms with Crippen LogP contribution in [0.2, 0.25) is 0 Å². The molecule has 5 heterocycles. The summed E-state index contributed by atoms with van der Waals surface area (Å²) in [5.41, 5.74) is 48.8. The average Bonchev–Trinajstić information content (AvgIpc) is 3.40. The highest BCUT2D eigenvalue weighted by molar-refractivity contribution is 5.68. The summed E-state index contributed by atoms with van der Waals surface area (Å²) in [4.78, 5) is 29.2. The van der Waals surface area contributed by atoms with Crippen LogP contribution in [0, 0.1) is 69.2 Å². The van der Waals surface area contributed by atoms with Crippen LogP contribution in [0.3, 0.4) is 0 Å². The highest BCUT2D eigenvalue weighted by atomic mass is 16.5. The van der Waals surface area contributed by atoms with Crippen molar-refractivity contribution in [1.82, 2.24) is 24.9 Å². The molecule has 0 bridgehead atoms. The van der Waals surface area contributed by atoms with Gasteiger partial charge in [-0.15, -0.1) is 0 Å². The number of aromatic hydroxyl groups is 2. The van der Waals surface area contributed by atoms with Gasteiger partial charge in [0.05, 0.1) is 11.9 Å². The molecule has 15 nitrogen and oxygen atoms in total. The molecule has 0 fully saturated rings. The fourth-order valence-electron chi connectivity index (χ4n) is 7.62. The topological polar surface area (TPSA) is 271 Å². The Hall–Kier alpha value is -6.04. The fourth-order valence-corrected chi connectivity index (χ4v) is 7.62. The van der Waals surface area contributed by atoms with Crippen LogP contribution in [0.25, 0.3) is 11.1 Å². The van der Waals surface area contributed by atoms with Crippen molar-refractivity contribution in [3.8, 4) is 22.6 Å². The van der Waals surface area contributed by atoms with E-state index in [2.05, 4.69) is 64.7 Å². The van der Waals surface area contributed by atoms with E-state index in [1.807, 2.05) is 92.0 Å². The number of benzene rings is 1. The Labute approximate surface area is 436 Å². The smallest absolute Gasteiger partial charge is 0.141 e. The minimum atomic E-state index is 0.190. The SMILES string of the molecule is C=O.CCCOCCCc1cnc(C)c(C)c1CN.CCOCCCc1cnc(C)c(C)c1CN.Cc1cnc(C)c(O)c1CN.Cc1ncc(-c2ccccc2)c(CN)c1C.Cc1ncc(O)c(CN)c1C. The van der Waals surface area contributed by atoms with Crippen LogP contribution < -0.4 is 28.7 Å². The van der Waals surface area contributed by atoms with Crippen LogP contribution >= 0.6 is 0 Å². The van der Waals surface area contributed by atoms with E-state index in [4.69, 9.17) is 42.9 Å². The quantitative estimate of drug-likeness (QED) is 0.0420. The van der Waals surface area contributed by atoms with Gasteiger partial charge >= 0.3 is 0 Å². The van der Waals surface area contributed by atoms with E-state index >= 15 is 0 Å². The van der Waals surface area contributed by atoms with E-state index in [1.165, 1.54) is 56.3 Å². The van der Waals surface area contributed by atoms with Gasteiger partial charge in [-0.2, -0.15) is 0 Å². The van der Waals surface area contributed by atoms with E-state index in [9.17, 15) is 10.2 Å². The average molecular weight is 1010 g/mol. The van der Waals surface area contributed by atoms with Gasteiger partial charge in [-0.3, -0.25) is 24.9 Å². The van der Waals surface area contributed by atoms with Crippen molar-refractivity contribution >= 4 is 6.79 Å². The number of nitrogens with zero attached hydrogens (tertiary/aromatic N) is 5. The van der Waals surface area contributed by atoms with Gasteiger partial charge in [0.1, 0.15) is 18.3 Å². The number of nitrogens with two attached hydrogens (primary N) is 5. The van der Waals surface area contributed by atoms with Crippen LogP contribution in [0.15, 0.2) is 61.3 Å². The minimum Gasteiger partial charge on any atom is -0.506 e. The summed E-state index contributed by atoms with van der Waals surface area (Å²) >= 11 is 0. The highest BCUT2D eigenvalue weighted by Crippen LogP contribution is 2.27. The number of carbonyl (C=O) groups excluding carboxylic acids is 1. The van der Waals surface area contributed by atoms with Gasteiger partial charge in [0.15, 0.2) is 0 Å². The van der Waals surface area contributed by atoms with Crippen molar-refractivity contribution < 1.29 is 24.5 Å². The Bertz CT molecular complexity index is 2480. The summed E-state index contributed by atoms with van der Waals surface area (Å²) in [6.45, 7) is 31.7. The molecule has 0 atom stereocenters. The predicted molar refractivity (Wildman–Crippen MR) is 298 cm³/mol. The first-order chi connectivity index (χ1) is 35.0. The second kappa shape index (κ2) is 36.0. The van der Waals surface area contributed by atoms with Gasteiger partial charge in [-0.25, -0.2) is 0 Å². The summed E-state index contributed by atoms with van der Waals surface area (Å²) in [6, 6.07) is 10.3. The molecule has 0 aliphatic heterocycles. The maximum atomic E-state index is 9.44. The van der Waals surface area contributed by atoms with Gasteiger partial charge in [0, 0.05) is 123 Å². The molecule has 0 saturated carbocycles. The highest BCUT2D eigenvalue weighted by Gasteiger charge is 2.11. The number of ether oxygens (including phenoxy) is 2. The van der Waals surface area contributed by atoms with Crippen LogP contribution in [0.1, 0.15) is 128 Å². The summed E-state index contributed by atoms with van der Waals surface area (Å²) in [6.07, 6.45) is 14.1. The van der Waals surface area contributed by atoms with Gasteiger partial charge in [0.2, 0.25) is 0 Å². The standard InChI is InChI=1S/C14H24N2O.C14H16N2.C13H22N2O.2C8H12N2O.CH2O/c1-4-7-17-8-5-6-13-10-16-12(3)11(2)14(13)9-15;1-10-11(2)16-9-14(13(10)8-15)12-6-4-3-5-7-12;1-4-16-7-5-6-12-9-15-11(3)10(2)13(12)8-14;1-5-6(2)10-4-8(11)7(5)3-9;1-5-4-10-6(2)8(11)7(5)3-9;1-2/h10H,4-9,15H2,1-3H3;3-7,9H,8,15H2,1-2H3;9H,4-8,14H2,1-3H3;2*4,11H,3,9H2,1-2H3;1H2. The zero-order valence-corrected chi connectivity index (χ0v) is 46.1. The first kappa shape index (κ1) is 65.0. The van der Waals surface area contributed by atoms with Gasteiger partial charge < -0.3 is 53.1 Å². The van der Waals surface area contributed by atoms with Crippen molar-refractivity contribution in [2.24, 2.45) is 28.7 Å². The van der Waals surface area contributed by atoms with Gasteiger partial charge in [-0.1, -0.05) is 37.3 Å². The second-order valence-corrected chi connectivity index (χ2v) is 17.4. The van der Waals surface area contributed by atoms with E-state index in [-0.39, 0.29) is 11.5 Å². The maximum absolute atomic E-state index is 9.44. The summed E-state index contributed by atoms with van der Waals surface area (Å²) < 4.78 is 10.8. The lowest BCUT2D eigenvalue weighted by Gasteiger charge is -2.12. The van der Waals surface area contributed by atoms with Crippen molar-refractivity contribution in [1.29, 1.82) is 0 Å². The lowest BCUT2D eigenvalue weighted by molar-refractivity contribution is -0.0980. The molecule has 1 aromatic carbocycles. The molecule has 6 aromatic rings. The summed E-state index contributed by atoms with van der Waals surface area (Å²) in [5.74, 6) is 0.420. The number of aryl methyl sites for hydroxylation is 8. The molecule has 0 unspecified atom stereocenters. The van der Waals surface area contributed by atoms with Crippen LogP contribution in [-0.2, 0) is 59.8 Å². The van der Waals surface area contributed by atoms with Crippen LogP contribution in [0.4, 0.5) is 0 Å². The van der Waals surface area contributed by atoms with Crippen molar-refractivity contribution in [3.63, 3.8) is 0 Å². The molecule has 0 spiro atoms. The lowest BCUT2D eigenvalue weighted by atomic mass is 9.97. The van der Waals surface area contributed by atoms with Crippen molar-refractivity contribution in [2.75, 3.05) is 26.4 Å². The number of hydrogen-bond acceptors (Lipinski definition) is 15.